The van der Waals surface area contributed by atoms with Crippen molar-refractivity contribution in [1.29, 1.82) is 5.26 Å². The third kappa shape index (κ3) is 6.26. The zero-order valence-electron chi connectivity index (χ0n) is 16.1. The van der Waals surface area contributed by atoms with Crippen LogP contribution in [0.1, 0.15) is 21.5 Å². The van der Waals surface area contributed by atoms with Gasteiger partial charge >= 0.3 is 5.97 Å². The summed E-state index contributed by atoms with van der Waals surface area (Å²) in [6, 6.07) is 22.3. The van der Waals surface area contributed by atoms with Gasteiger partial charge in [-0.1, -0.05) is 36.4 Å². The number of amides is 1. The molecular weight excluding hydrogens is 462 g/mol. The number of benzene rings is 3. The fourth-order valence-electron chi connectivity index (χ4n) is 2.49. The molecule has 0 unspecified atom stereocenters. The highest BCUT2D eigenvalue weighted by Gasteiger charge is 2.12. The van der Waals surface area contributed by atoms with Crippen LogP contribution in [0, 0.1) is 11.3 Å². The number of rotatable bonds is 7. The first-order valence-electron chi connectivity index (χ1n) is 9.07. The van der Waals surface area contributed by atoms with Crippen molar-refractivity contribution in [2.75, 3.05) is 6.61 Å². The molecule has 0 aliphatic heterocycles. The third-order valence-corrected chi connectivity index (χ3v) is 4.62. The summed E-state index contributed by atoms with van der Waals surface area (Å²) in [6.07, 6.45) is 1.41. The molecule has 0 fully saturated rings. The lowest BCUT2D eigenvalue weighted by atomic mass is 10.2. The predicted octanol–water partition coefficient (Wildman–Crippen LogP) is 4.07. The standard InChI is InChI=1S/C23H16BrN3O4/c24-20-10-3-2-9-19(20)23(29)31-18-8-5-6-16(12-18)14-26-27-22(28)15-30-21-11-4-1-7-17(21)13-25/h1-12,14H,15H2,(H,27,28)/b26-14-. The molecule has 0 heterocycles. The maximum Gasteiger partial charge on any atom is 0.344 e. The van der Waals surface area contributed by atoms with E-state index in [-0.39, 0.29) is 6.61 Å². The quantitative estimate of drug-likeness (QED) is 0.239. The van der Waals surface area contributed by atoms with E-state index in [2.05, 4.69) is 26.5 Å². The number of hydrogen-bond acceptors (Lipinski definition) is 6. The Morgan fingerprint density at radius 1 is 1.06 bits per heavy atom. The van der Waals surface area contributed by atoms with Crippen LogP contribution in [0.25, 0.3) is 0 Å². The van der Waals surface area contributed by atoms with Gasteiger partial charge in [-0.3, -0.25) is 4.79 Å². The average Bonchev–Trinajstić information content (AvgIpc) is 2.78. The van der Waals surface area contributed by atoms with Crippen LogP contribution in [0.3, 0.4) is 0 Å². The van der Waals surface area contributed by atoms with Gasteiger partial charge < -0.3 is 9.47 Å². The number of esters is 1. The summed E-state index contributed by atoms with van der Waals surface area (Å²) in [7, 11) is 0. The van der Waals surface area contributed by atoms with Crippen LogP contribution in [0.4, 0.5) is 0 Å². The number of carbonyl (C=O) groups is 2. The minimum Gasteiger partial charge on any atom is -0.482 e. The van der Waals surface area contributed by atoms with Crippen molar-refractivity contribution in [3.05, 3.63) is 94.0 Å². The minimum atomic E-state index is -0.496. The number of hydrogen-bond donors (Lipinski definition) is 1. The second-order valence-corrected chi connectivity index (χ2v) is 6.99. The molecule has 3 aromatic rings. The minimum absolute atomic E-state index is 0.292. The number of carbonyl (C=O) groups excluding carboxylic acids is 2. The maximum atomic E-state index is 12.3. The Balaban J connectivity index is 1.54. The van der Waals surface area contributed by atoms with Gasteiger partial charge in [-0.15, -0.1) is 0 Å². The van der Waals surface area contributed by atoms with Gasteiger partial charge in [-0.05, 0) is 57.9 Å². The van der Waals surface area contributed by atoms with Crippen molar-refractivity contribution in [2.45, 2.75) is 0 Å². The summed E-state index contributed by atoms with van der Waals surface area (Å²) in [6.45, 7) is -0.292. The van der Waals surface area contributed by atoms with Crippen molar-refractivity contribution in [1.82, 2.24) is 5.43 Å². The maximum absolute atomic E-state index is 12.3. The number of nitriles is 1. The van der Waals surface area contributed by atoms with Gasteiger partial charge in [0.05, 0.1) is 17.3 Å². The normalized spacial score (nSPS) is 10.3. The summed E-state index contributed by atoms with van der Waals surface area (Å²) in [4.78, 5) is 24.2. The van der Waals surface area contributed by atoms with Gasteiger partial charge in [-0.2, -0.15) is 10.4 Å². The molecule has 3 rings (SSSR count). The van der Waals surface area contributed by atoms with Gasteiger partial charge in [0, 0.05) is 4.47 Å². The number of nitrogens with zero attached hydrogens (tertiary/aromatic N) is 2. The first-order chi connectivity index (χ1) is 15.1. The van der Waals surface area contributed by atoms with E-state index in [0.29, 0.717) is 32.7 Å². The molecule has 0 spiro atoms. The topological polar surface area (TPSA) is 101 Å². The number of ether oxygens (including phenoxy) is 2. The van der Waals surface area contributed by atoms with E-state index in [1.165, 1.54) is 6.21 Å². The number of para-hydroxylation sites is 1. The molecule has 0 aliphatic rings. The Morgan fingerprint density at radius 2 is 1.84 bits per heavy atom. The SMILES string of the molecule is N#Cc1ccccc1OCC(=O)N/N=C\c1cccc(OC(=O)c2ccccc2Br)c1. The van der Waals surface area contributed by atoms with Crippen LogP contribution in [-0.4, -0.2) is 24.7 Å². The largest absolute Gasteiger partial charge is 0.482 e. The molecule has 8 heteroatoms. The smallest absolute Gasteiger partial charge is 0.344 e. The lowest BCUT2D eigenvalue weighted by molar-refractivity contribution is -0.123. The van der Waals surface area contributed by atoms with E-state index in [0.717, 1.165) is 0 Å². The average molecular weight is 478 g/mol. The predicted molar refractivity (Wildman–Crippen MR) is 118 cm³/mol. The number of halogens is 1. The lowest BCUT2D eigenvalue weighted by Gasteiger charge is -2.07. The molecule has 1 amide bonds. The van der Waals surface area contributed by atoms with Gasteiger partial charge in [0.1, 0.15) is 17.6 Å². The first-order valence-corrected chi connectivity index (χ1v) is 9.86. The van der Waals surface area contributed by atoms with Crippen LogP contribution < -0.4 is 14.9 Å². The molecule has 0 aliphatic carbocycles. The summed E-state index contributed by atoms with van der Waals surface area (Å²) in [5, 5.41) is 12.9. The van der Waals surface area contributed by atoms with Crippen molar-refractivity contribution in [2.24, 2.45) is 5.10 Å². The fraction of sp³-hybridized carbons (Fsp3) is 0.0435. The highest BCUT2D eigenvalue weighted by molar-refractivity contribution is 9.10. The van der Waals surface area contributed by atoms with E-state index in [1.54, 1.807) is 72.8 Å². The molecule has 3 aromatic carbocycles. The van der Waals surface area contributed by atoms with Crippen molar-refractivity contribution >= 4 is 34.0 Å². The highest BCUT2D eigenvalue weighted by Crippen LogP contribution is 2.20. The molecule has 0 saturated carbocycles. The van der Waals surface area contributed by atoms with Crippen LogP contribution in [0.5, 0.6) is 11.5 Å². The van der Waals surface area contributed by atoms with Crippen molar-refractivity contribution in [3.8, 4) is 17.6 Å². The molecule has 31 heavy (non-hydrogen) atoms. The molecule has 0 saturated heterocycles. The fourth-order valence-corrected chi connectivity index (χ4v) is 2.93. The Morgan fingerprint density at radius 3 is 2.65 bits per heavy atom. The molecule has 0 bridgehead atoms. The summed E-state index contributed by atoms with van der Waals surface area (Å²) >= 11 is 3.32. The second-order valence-electron chi connectivity index (χ2n) is 6.13. The van der Waals surface area contributed by atoms with Crippen LogP contribution in [0.15, 0.2) is 82.4 Å². The van der Waals surface area contributed by atoms with Gasteiger partial charge in [-0.25, -0.2) is 10.2 Å². The second kappa shape index (κ2) is 10.7. The van der Waals surface area contributed by atoms with Crippen LogP contribution >= 0.6 is 15.9 Å². The summed E-state index contributed by atoms with van der Waals surface area (Å²) in [5.41, 5.74) is 3.71. The summed E-state index contributed by atoms with van der Waals surface area (Å²) in [5.74, 6) is -0.318. The van der Waals surface area contributed by atoms with E-state index in [9.17, 15) is 9.59 Å². The Hall–Kier alpha value is -3.96. The monoisotopic (exact) mass is 477 g/mol. The van der Waals surface area contributed by atoms with Gasteiger partial charge in [0.2, 0.25) is 0 Å². The van der Waals surface area contributed by atoms with E-state index >= 15 is 0 Å². The van der Waals surface area contributed by atoms with Crippen molar-refractivity contribution < 1.29 is 19.1 Å². The Bertz CT molecular complexity index is 1170. The lowest BCUT2D eigenvalue weighted by Crippen LogP contribution is -2.24. The molecule has 1 N–H and O–H groups in total. The molecule has 7 nitrogen and oxygen atoms in total. The zero-order chi connectivity index (χ0) is 22.1. The summed E-state index contributed by atoms with van der Waals surface area (Å²) < 4.78 is 11.4. The first kappa shape index (κ1) is 21.7. The third-order valence-electron chi connectivity index (χ3n) is 3.93. The van der Waals surface area contributed by atoms with E-state index in [1.807, 2.05) is 6.07 Å². The molecule has 0 atom stereocenters. The van der Waals surface area contributed by atoms with E-state index in [4.69, 9.17) is 14.7 Å². The Kier molecular flexibility index (Phi) is 7.51. The van der Waals surface area contributed by atoms with Crippen LogP contribution in [0.2, 0.25) is 0 Å². The van der Waals surface area contributed by atoms with Crippen LogP contribution in [-0.2, 0) is 4.79 Å². The number of nitrogens with one attached hydrogen (secondary N) is 1. The molecular formula is C23H16BrN3O4. The molecule has 0 radical (unpaired) electrons. The van der Waals surface area contributed by atoms with E-state index < -0.39 is 11.9 Å². The molecule has 0 aromatic heterocycles. The zero-order valence-corrected chi connectivity index (χ0v) is 17.7. The van der Waals surface area contributed by atoms with Crippen molar-refractivity contribution in [3.63, 3.8) is 0 Å². The number of hydrazone groups is 1. The van der Waals surface area contributed by atoms with Gasteiger partial charge in [0.25, 0.3) is 5.91 Å². The molecule has 154 valence electrons. The highest BCUT2D eigenvalue weighted by atomic mass is 79.9. The van der Waals surface area contributed by atoms with Gasteiger partial charge in [0.15, 0.2) is 6.61 Å². The Labute approximate surface area is 187 Å².